The fourth-order valence-corrected chi connectivity index (χ4v) is 2.06. The van der Waals surface area contributed by atoms with E-state index in [-0.39, 0.29) is 0 Å². The van der Waals surface area contributed by atoms with E-state index in [1.54, 1.807) is 0 Å². The van der Waals surface area contributed by atoms with Gasteiger partial charge in [-0.25, -0.2) is 0 Å². The third kappa shape index (κ3) is 1.94. The van der Waals surface area contributed by atoms with Gasteiger partial charge in [-0.05, 0) is 51.0 Å². The van der Waals surface area contributed by atoms with Crippen LogP contribution in [-0.2, 0) is 0 Å². The molecular weight excluding hydrogens is 210 g/mol. The number of nitrogens with one attached hydrogen (secondary N) is 1. The number of aryl methyl sites for hydroxylation is 2. The highest BCUT2D eigenvalue weighted by Crippen LogP contribution is 2.27. The maximum atomic E-state index is 9.03. The summed E-state index contributed by atoms with van der Waals surface area (Å²) in [4.78, 5) is 7.72. The largest absolute Gasteiger partial charge is 0.359 e. The predicted octanol–water partition coefficient (Wildman–Crippen LogP) is 3.29. The van der Waals surface area contributed by atoms with E-state index in [0.717, 1.165) is 28.4 Å². The van der Waals surface area contributed by atoms with E-state index in [1.807, 2.05) is 26.8 Å². The fraction of sp³-hybridized carbons (Fsp3) is 0.286. The molecule has 3 heteroatoms. The van der Waals surface area contributed by atoms with E-state index in [9.17, 15) is 0 Å². The van der Waals surface area contributed by atoms with Crippen LogP contribution in [0.15, 0.2) is 27.9 Å². The number of aliphatic imine (C=N–C) groups is 1. The third-order valence-corrected chi connectivity index (χ3v) is 2.99. The molecule has 0 bridgehead atoms. The number of nitrogens with zero attached hydrogens (tertiary/aromatic N) is 2. The maximum absolute atomic E-state index is 9.03. The lowest BCUT2D eigenvalue weighted by atomic mass is 10.1. The van der Waals surface area contributed by atoms with Crippen LogP contribution in [0.25, 0.3) is 6.08 Å². The van der Waals surface area contributed by atoms with Crippen molar-refractivity contribution in [3.63, 3.8) is 0 Å². The van der Waals surface area contributed by atoms with Gasteiger partial charge in [0.1, 0.15) is 6.07 Å². The summed E-state index contributed by atoms with van der Waals surface area (Å²) in [6.45, 7) is 7.90. The van der Waals surface area contributed by atoms with Crippen LogP contribution >= 0.6 is 0 Å². The van der Waals surface area contributed by atoms with Crippen LogP contribution in [0, 0.1) is 25.2 Å². The maximum Gasteiger partial charge on any atom is 0.101 e. The Kier molecular flexibility index (Phi) is 2.72. The third-order valence-electron chi connectivity index (χ3n) is 2.99. The van der Waals surface area contributed by atoms with Gasteiger partial charge in [-0.3, -0.25) is 4.99 Å². The summed E-state index contributed by atoms with van der Waals surface area (Å²) in [7, 11) is 0. The van der Waals surface area contributed by atoms with Gasteiger partial charge in [0.25, 0.3) is 0 Å². The minimum absolute atomic E-state index is 0.692. The standard InChI is InChI=1S/C14H15N3/c1-8-5-9(2)16-13(8)6-14-10(3)12(7-15)11(4)17-14/h5-6,16H,1-4H3/b14-6-. The van der Waals surface area contributed by atoms with Gasteiger partial charge in [-0.2, -0.15) is 5.26 Å². The van der Waals surface area contributed by atoms with E-state index in [0.29, 0.717) is 5.57 Å². The van der Waals surface area contributed by atoms with Crippen molar-refractivity contribution in [1.29, 1.82) is 5.26 Å². The molecule has 1 N–H and O–H groups in total. The lowest BCUT2D eigenvalue weighted by Crippen LogP contribution is -1.89. The van der Waals surface area contributed by atoms with Crippen molar-refractivity contribution in [3.8, 4) is 6.07 Å². The highest BCUT2D eigenvalue weighted by Gasteiger charge is 2.17. The number of aromatic amines is 1. The van der Waals surface area contributed by atoms with E-state index in [2.05, 4.69) is 29.0 Å². The molecule has 0 unspecified atom stereocenters. The average molecular weight is 225 g/mol. The molecule has 2 rings (SSSR count). The van der Waals surface area contributed by atoms with E-state index >= 15 is 0 Å². The Morgan fingerprint density at radius 2 is 2.00 bits per heavy atom. The first-order chi connectivity index (χ1) is 8.02. The van der Waals surface area contributed by atoms with Crippen LogP contribution in [0.2, 0.25) is 0 Å². The van der Waals surface area contributed by atoms with Crippen molar-refractivity contribution >= 4 is 11.8 Å². The monoisotopic (exact) mass is 225 g/mol. The van der Waals surface area contributed by atoms with Crippen molar-refractivity contribution < 1.29 is 0 Å². The molecule has 86 valence electrons. The molecule has 0 amide bonds. The number of hydrogen-bond acceptors (Lipinski definition) is 2. The lowest BCUT2D eigenvalue weighted by molar-refractivity contribution is 1.23. The van der Waals surface area contributed by atoms with Gasteiger partial charge in [0, 0.05) is 11.4 Å². The summed E-state index contributed by atoms with van der Waals surface area (Å²) < 4.78 is 0. The Balaban J connectivity index is 2.48. The molecule has 0 aliphatic carbocycles. The molecular formula is C14H15N3. The zero-order valence-electron chi connectivity index (χ0n) is 10.5. The first-order valence-corrected chi connectivity index (χ1v) is 5.58. The zero-order chi connectivity index (χ0) is 12.6. The highest BCUT2D eigenvalue weighted by atomic mass is 14.8. The summed E-state index contributed by atoms with van der Waals surface area (Å²) >= 11 is 0. The average Bonchev–Trinajstić information content (AvgIpc) is 2.69. The second-order valence-corrected chi connectivity index (χ2v) is 4.39. The SMILES string of the molecule is CC1=N/C(=C\c2[nH]c(C)cc2C)C(C)=C1C#N. The normalized spacial score (nSPS) is 17.6. The molecule has 1 aliphatic heterocycles. The number of H-pyrrole nitrogens is 1. The molecule has 0 atom stereocenters. The van der Waals surface area contributed by atoms with Crippen LogP contribution in [-0.4, -0.2) is 10.7 Å². The first-order valence-electron chi connectivity index (χ1n) is 5.58. The summed E-state index contributed by atoms with van der Waals surface area (Å²) in [5.74, 6) is 0. The summed E-state index contributed by atoms with van der Waals surface area (Å²) in [6.07, 6.45) is 2.01. The van der Waals surface area contributed by atoms with Crippen LogP contribution in [0.4, 0.5) is 0 Å². The van der Waals surface area contributed by atoms with Gasteiger partial charge in [0.05, 0.1) is 17.0 Å². The highest BCUT2D eigenvalue weighted by molar-refractivity contribution is 6.07. The Morgan fingerprint density at radius 3 is 2.47 bits per heavy atom. The smallest absolute Gasteiger partial charge is 0.101 e. The van der Waals surface area contributed by atoms with E-state index in [4.69, 9.17) is 5.26 Å². The number of allylic oxidation sites excluding steroid dienone is 2. The molecule has 1 aromatic rings. The van der Waals surface area contributed by atoms with Crippen molar-refractivity contribution in [2.24, 2.45) is 4.99 Å². The molecule has 0 aromatic carbocycles. The van der Waals surface area contributed by atoms with Gasteiger partial charge in [-0.15, -0.1) is 0 Å². The molecule has 1 aromatic heterocycles. The number of rotatable bonds is 1. The van der Waals surface area contributed by atoms with Crippen molar-refractivity contribution in [3.05, 3.63) is 39.9 Å². The molecule has 0 radical (unpaired) electrons. The van der Waals surface area contributed by atoms with Crippen molar-refractivity contribution in [1.82, 2.24) is 4.98 Å². The quantitative estimate of drug-likeness (QED) is 0.783. The number of nitriles is 1. The first kappa shape index (κ1) is 11.4. The predicted molar refractivity (Wildman–Crippen MR) is 69.7 cm³/mol. The minimum atomic E-state index is 0.692. The van der Waals surface area contributed by atoms with Crippen LogP contribution in [0.3, 0.4) is 0 Å². The van der Waals surface area contributed by atoms with Crippen LogP contribution in [0.5, 0.6) is 0 Å². The Labute approximate surface area is 101 Å². The molecule has 2 heterocycles. The molecule has 0 spiro atoms. The van der Waals surface area contributed by atoms with Crippen molar-refractivity contribution in [2.75, 3.05) is 0 Å². The zero-order valence-corrected chi connectivity index (χ0v) is 10.5. The van der Waals surface area contributed by atoms with Crippen LogP contribution < -0.4 is 0 Å². The van der Waals surface area contributed by atoms with Gasteiger partial charge in [0.15, 0.2) is 0 Å². The molecule has 0 saturated heterocycles. The van der Waals surface area contributed by atoms with E-state index in [1.165, 1.54) is 5.56 Å². The lowest BCUT2D eigenvalue weighted by Gasteiger charge is -1.97. The van der Waals surface area contributed by atoms with Gasteiger partial charge in [-0.1, -0.05) is 0 Å². The summed E-state index contributed by atoms with van der Waals surface area (Å²) in [5, 5.41) is 9.03. The molecule has 0 saturated carbocycles. The van der Waals surface area contributed by atoms with E-state index < -0.39 is 0 Å². The van der Waals surface area contributed by atoms with Gasteiger partial charge >= 0.3 is 0 Å². The summed E-state index contributed by atoms with van der Waals surface area (Å²) in [6, 6.07) is 4.30. The summed E-state index contributed by atoms with van der Waals surface area (Å²) in [5.41, 5.74) is 6.72. The van der Waals surface area contributed by atoms with Crippen molar-refractivity contribution in [2.45, 2.75) is 27.7 Å². The molecule has 1 aliphatic rings. The fourth-order valence-electron chi connectivity index (χ4n) is 2.06. The van der Waals surface area contributed by atoms with Crippen LogP contribution in [0.1, 0.15) is 30.8 Å². The molecule has 17 heavy (non-hydrogen) atoms. The molecule has 0 fully saturated rings. The second-order valence-electron chi connectivity index (χ2n) is 4.39. The second kappa shape index (κ2) is 4.06. The topological polar surface area (TPSA) is 51.9 Å². The minimum Gasteiger partial charge on any atom is -0.359 e. The Hall–Kier alpha value is -2.08. The van der Waals surface area contributed by atoms with Gasteiger partial charge in [0.2, 0.25) is 0 Å². The molecule has 3 nitrogen and oxygen atoms in total. The number of hydrogen-bond donors (Lipinski definition) is 1. The van der Waals surface area contributed by atoms with Gasteiger partial charge < -0.3 is 4.98 Å². The number of aromatic nitrogens is 1. The Bertz CT molecular complexity index is 604. The Morgan fingerprint density at radius 1 is 1.29 bits per heavy atom.